The summed E-state index contributed by atoms with van der Waals surface area (Å²) in [5, 5.41) is 6.43. The Kier molecular flexibility index (Phi) is 5.52. The topological polar surface area (TPSA) is 70.1 Å². The predicted molar refractivity (Wildman–Crippen MR) is 161 cm³/mol. The first-order chi connectivity index (χ1) is 19.5. The Morgan fingerprint density at radius 3 is 2.42 bits per heavy atom. The first-order valence-electron chi connectivity index (χ1n) is 13.8. The molecule has 0 radical (unpaired) electrons. The third kappa shape index (κ3) is 3.49. The van der Waals surface area contributed by atoms with Gasteiger partial charge in [0.05, 0.1) is 6.04 Å². The molecule has 0 fully saturated rings. The van der Waals surface area contributed by atoms with E-state index in [1.54, 1.807) is 4.90 Å². The summed E-state index contributed by atoms with van der Waals surface area (Å²) in [7, 11) is 0. The molecule has 40 heavy (non-hydrogen) atoms. The van der Waals surface area contributed by atoms with Crippen molar-refractivity contribution in [3.05, 3.63) is 113 Å². The molecule has 0 saturated carbocycles. The Balaban J connectivity index is 1.27. The molecule has 2 amide bonds. The number of carbonyl (C=O) groups excluding carboxylic acids is 2. The Labute approximate surface area is 232 Å². The number of fused-ring (bicyclic) bond motifs is 5. The number of nitrogens with zero attached hydrogens (tertiary/aromatic N) is 2. The molecule has 3 heterocycles. The summed E-state index contributed by atoms with van der Waals surface area (Å²) >= 11 is 0. The molecule has 7 rings (SSSR count). The number of benzene rings is 4. The normalized spacial score (nSPS) is 15.7. The molecule has 2 aromatic heterocycles. The lowest BCUT2D eigenvalue weighted by molar-refractivity contribution is -0.120. The minimum atomic E-state index is -0.703. The first-order valence-corrected chi connectivity index (χ1v) is 13.8. The molecule has 2 unspecified atom stereocenters. The molecule has 2 atom stereocenters. The number of H-pyrrole nitrogens is 1. The third-order valence-electron chi connectivity index (χ3n) is 8.37. The van der Waals surface area contributed by atoms with Crippen molar-refractivity contribution in [2.75, 3.05) is 5.32 Å². The van der Waals surface area contributed by atoms with Gasteiger partial charge in [0.2, 0.25) is 5.91 Å². The van der Waals surface area contributed by atoms with Gasteiger partial charge in [-0.25, -0.2) is 0 Å². The van der Waals surface area contributed by atoms with Crippen LogP contribution in [0.15, 0.2) is 91.0 Å². The summed E-state index contributed by atoms with van der Waals surface area (Å²) in [6.45, 7) is 6.85. The standard InChI is InChI=1S/C34H30N4O2/c1-4-37-29-16-10-8-11-23(29)27-19-22(17-18-30(27)37)36-33(39)21(3)38-32(24-12-5-6-13-25(24)34(38)40)31-20(2)35-28-15-9-7-14-26(28)31/h5-19,21,32,35H,4H2,1-3H3,(H,36,39). The Morgan fingerprint density at radius 1 is 0.900 bits per heavy atom. The van der Waals surface area contributed by atoms with Gasteiger partial charge in [-0.3, -0.25) is 9.59 Å². The van der Waals surface area contributed by atoms with E-state index in [1.165, 1.54) is 5.52 Å². The summed E-state index contributed by atoms with van der Waals surface area (Å²) in [5.41, 5.74) is 7.63. The van der Waals surface area contributed by atoms with E-state index in [0.29, 0.717) is 11.3 Å². The van der Waals surface area contributed by atoms with Crippen LogP contribution in [0.1, 0.15) is 47.1 Å². The van der Waals surface area contributed by atoms with E-state index < -0.39 is 6.04 Å². The molecule has 1 aliphatic rings. The summed E-state index contributed by atoms with van der Waals surface area (Å²) in [6, 6.07) is 29.1. The highest BCUT2D eigenvalue weighted by atomic mass is 16.2. The average molecular weight is 527 g/mol. The molecule has 6 heteroatoms. The van der Waals surface area contributed by atoms with Gasteiger partial charge < -0.3 is 19.8 Å². The zero-order valence-electron chi connectivity index (χ0n) is 22.7. The summed E-state index contributed by atoms with van der Waals surface area (Å²) < 4.78 is 2.28. The zero-order valence-corrected chi connectivity index (χ0v) is 22.7. The lowest BCUT2D eigenvalue weighted by Crippen LogP contribution is -2.44. The molecule has 6 nitrogen and oxygen atoms in total. The molecular weight excluding hydrogens is 496 g/mol. The van der Waals surface area contributed by atoms with Gasteiger partial charge in [0.15, 0.2) is 0 Å². The highest BCUT2D eigenvalue weighted by Crippen LogP contribution is 2.44. The summed E-state index contributed by atoms with van der Waals surface area (Å²) in [4.78, 5) is 32.9. The van der Waals surface area contributed by atoms with Crippen LogP contribution < -0.4 is 5.32 Å². The molecule has 4 aromatic carbocycles. The lowest BCUT2D eigenvalue weighted by atomic mass is 9.95. The van der Waals surface area contributed by atoms with Crippen molar-refractivity contribution in [1.29, 1.82) is 0 Å². The average Bonchev–Trinajstić information content (AvgIpc) is 3.58. The number of rotatable bonds is 5. The van der Waals surface area contributed by atoms with Crippen molar-refractivity contribution in [3.63, 3.8) is 0 Å². The molecule has 0 bridgehead atoms. The Morgan fingerprint density at radius 2 is 1.60 bits per heavy atom. The van der Waals surface area contributed by atoms with Gasteiger partial charge in [-0.2, -0.15) is 0 Å². The summed E-state index contributed by atoms with van der Waals surface area (Å²) in [5.74, 6) is -0.350. The van der Waals surface area contributed by atoms with Crippen LogP contribution in [0.2, 0.25) is 0 Å². The van der Waals surface area contributed by atoms with Crippen LogP contribution in [0.3, 0.4) is 0 Å². The fraction of sp³-hybridized carbons (Fsp3) is 0.176. The van der Waals surface area contributed by atoms with E-state index in [9.17, 15) is 9.59 Å². The number of amides is 2. The molecule has 0 saturated heterocycles. The molecule has 0 spiro atoms. The number of aromatic nitrogens is 2. The maximum Gasteiger partial charge on any atom is 0.255 e. The Bertz CT molecular complexity index is 1960. The number of nitrogens with one attached hydrogen (secondary N) is 2. The lowest BCUT2D eigenvalue weighted by Gasteiger charge is -2.31. The smallest absolute Gasteiger partial charge is 0.255 e. The van der Waals surface area contributed by atoms with Crippen LogP contribution in [-0.2, 0) is 11.3 Å². The highest BCUT2D eigenvalue weighted by Gasteiger charge is 2.43. The van der Waals surface area contributed by atoms with Crippen LogP contribution in [0.25, 0.3) is 32.7 Å². The number of aryl methyl sites for hydroxylation is 2. The van der Waals surface area contributed by atoms with E-state index in [4.69, 9.17) is 0 Å². The number of hydrogen-bond acceptors (Lipinski definition) is 2. The van der Waals surface area contributed by atoms with Crippen molar-refractivity contribution < 1.29 is 9.59 Å². The van der Waals surface area contributed by atoms with Gasteiger partial charge >= 0.3 is 0 Å². The number of aromatic amines is 1. The second-order valence-corrected chi connectivity index (χ2v) is 10.6. The monoisotopic (exact) mass is 526 g/mol. The van der Waals surface area contributed by atoms with Crippen LogP contribution >= 0.6 is 0 Å². The van der Waals surface area contributed by atoms with Crippen molar-refractivity contribution in [1.82, 2.24) is 14.5 Å². The molecule has 2 N–H and O–H groups in total. The van der Waals surface area contributed by atoms with Gasteiger partial charge in [-0.15, -0.1) is 0 Å². The minimum absolute atomic E-state index is 0.130. The third-order valence-corrected chi connectivity index (χ3v) is 8.37. The summed E-state index contributed by atoms with van der Waals surface area (Å²) in [6.07, 6.45) is 0. The van der Waals surface area contributed by atoms with Crippen molar-refractivity contribution in [3.8, 4) is 0 Å². The predicted octanol–water partition coefficient (Wildman–Crippen LogP) is 7.18. The van der Waals surface area contributed by atoms with E-state index in [2.05, 4.69) is 52.1 Å². The molecule has 198 valence electrons. The van der Waals surface area contributed by atoms with Crippen LogP contribution in [0.5, 0.6) is 0 Å². The largest absolute Gasteiger partial charge is 0.358 e. The van der Waals surface area contributed by atoms with Crippen LogP contribution in [0, 0.1) is 6.92 Å². The second kappa shape index (κ2) is 9.12. The maximum absolute atomic E-state index is 13.8. The minimum Gasteiger partial charge on any atom is -0.358 e. The zero-order chi connectivity index (χ0) is 27.5. The van der Waals surface area contributed by atoms with Gasteiger partial charge in [0, 0.05) is 61.8 Å². The van der Waals surface area contributed by atoms with E-state index in [0.717, 1.165) is 50.6 Å². The quantitative estimate of drug-likeness (QED) is 0.250. The molecular formula is C34H30N4O2. The van der Waals surface area contributed by atoms with Crippen molar-refractivity contribution in [2.24, 2.45) is 0 Å². The van der Waals surface area contributed by atoms with Crippen LogP contribution in [-0.4, -0.2) is 32.3 Å². The van der Waals surface area contributed by atoms with Gasteiger partial charge in [0.1, 0.15) is 6.04 Å². The highest BCUT2D eigenvalue weighted by molar-refractivity contribution is 6.10. The van der Waals surface area contributed by atoms with Gasteiger partial charge in [-0.1, -0.05) is 54.6 Å². The fourth-order valence-electron chi connectivity index (χ4n) is 6.53. The van der Waals surface area contributed by atoms with Gasteiger partial charge in [-0.05, 0) is 62.7 Å². The van der Waals surface area contributed by atoms with E-state index in [-0.39, 0.29) is 17.9 Å². The number of para-hydroxylation sites is 2. The molecule has 6 aromatic rings. The SMILES string of the molecule is CCn1c2ccccc2c2cc(NC(=O)C(C)N3C(=O)c4ccccc4C3c3c(C)[nH]c4ccccc34)ccc21. The van der Waals surface area contributed by atoms with Gasteiger partial charge in [0.25, 0.3) is 5.91 Å². The van der Waals surface area contributed by atoms with E-state index in [1.807, 2.05) is 74.5 Å². The first kappa shape index (κ1) is 24.2. The van der Waals surface area contributed by atoms with Crippen LogP contribution in [0.4, 0.5) is 5.69 Å². The van der Waals surface area contributed by atoms with Crippen molar-refractivity contribution >= 4 is 50.2 Å². The number of hydrogen-bond donors (Lipinski definition) is 2. The molecule has 0 aliphatic carbocycles. The Hall–Kier alpha value is -4.84. The number of anilines is 1. The maximum atomic E-state index is 13.8. The molecule has 1 aliphatic heterocycles. The second-order valence-electron chi connectivity index (χ2n) is 10.6. The van der Waals surface area contributed by atoms with E-state index >= 15 is 0 Å². The van der Waals surface area contributed by atoms with Crippen molar-refractivity contribution in [2.45, 2.75) is 39.4 Å². The number of carbonyl (C=O) groups is 2. The fourth-order valence-corrected chi connectivity index (χ4v) is 6.53.